The molecule has 0 aliphatic heterocycles. The summed E-state index contributed by atoms with van der Waals surface area (Å²) in [5.41, 5.74) is 1.79. The van der Waals surface area contributed by atoms with Crippen LogP contribution >= 0.6 is 0 Å². The van der Waals surface area contributed by atoms with E-state index in [2.05, 4.69) is 15.5 Å². The van der Waals surface area contributed by atoms with E-state index in [0.29, 0.717) is 22.8 Å². The Balaban J connectivity index is 1.84. The Morgan fingerprint density at radius 2 is 2.17 bits per heavy atom. The zero-order valence-electron chi connectivity index (χ0n) is 13.3. The third-order valence-corrected chi connectivity index (χ3v) is 3.50. The van der Waals surface area contributed by atoms with E-state index in [9.17, 15) is 4.79 Å². The van der Waals surface area contributed by atoms with Gasteiger partial charge in [-0.1, -0.05) is 23.4 Å². The summed E-state index contributed by atoms with van der Waals surface area (Å²) in [7, 11) is 1.79. The molecular formula is C17H15N5O2. The molecule has 2 heterocycles. The molecule has 1 aromatic carbocycles. The van der Waals surface area contributed by atoms with Gasteiger partial charge < -0.3 is 14.7 Å². The molecule has 3 aromatic rings. The minimum Gasteiger partial charge on any atom is -0.365 e. The van der Waals surface area contributed by atoms with E-state index in [4.69, 9.17) is 9.78 Å². The molecule has 0 unspecified atom stereocenters. The van der Waals surface area contributed by atoms with Crippen LogP contribution < -0.4 is 10.2 Å². The van der Waals surface area contributed by atoms with Gasteiger partial charge in [-0.15, -0.1) is 0 Å². The number of nitriles is 1. The van der Waals surface area contributed by atoms with Gasteiger partial charge in [0, 0.05) is 24.2 Å². The van der Waals surface area contributed by atoms with Gasteiger partial charge in [-0.2, -0.15) is 5.26 Å². The number of rotatable bonds is 4. The SMILES string of the molecule is Cc1cc(NC(=O)CN(C)c2cc(C#N)nc3ccccc23)no1. The van der Waals surface area contributed by atoms with E-state index in [-0.39, 0.29) is 12.5 Å². The van der Waals surface area contributed by atoms with Crippen LogP contribution in [0.5, 0.6) is 0 Å². The molecule has 0 aliphatic carbocycles. The number of carbonyl (C=O) groups is 1. The average Bonchev–Trinajstić information content (AvgIpc) is 2.98. The van der Waals surface area contributed by atoms with Crippen LogP contribution in [-0.2, 0) is 4.79 Å². The molecule has 7 nitrogen and oxygen atoms in total. The lowest BCUT2D eigenvalue weighted by Crippen LogP contribution is -2.30. The first-order valence-corrected chi connectivity index (χ1v) is 7.31. The number of para-hydroxylation sites is 1. The van der Waals surface area contributed by atoms with E-state index < -0.39 is 0 Å². The predicted octanol–water partition coefficient (Wildman–Crippen LogP) is 2.48. The van der Waals surface area contributed by atoms with Crippen molar-refractivity contribution in [1.82, 2.24) is 10.1 Å². The predicted molar refractivity (Wildman–Crippen MR) is 89.6 cm³/mol. The number of aryl methyl sites for hydroxylation is 1. The van der Waals surface area contributed by atoms with Crippen LogP contribution in [0.1, 0.15) is 11.5 Å². The highest BCUT2D eigenvalue weighted by atomic mass is 16.5. The Morgan fingerprint density at radius 3 is 2.88 bits per heavy atom. The summed E-state index contributed by atoms with van der Waals surface area (Å²) in [4.78, 5) is 18.2. The molecule has 2 aromatic heterocycles. The topological polar surface area (TPSA) is 95.1 Å². The Hall–Kier alpha value is -3.40. The summed E-state index contributed by atoms with van der Waals surface area (Å²) in [5.74, 6) is 0.769. The fraction of sp³-hybridized carbons (Fsp3) is 0.176. The number of fused-ring (bicyclic) bond motifs is 1. The number of amides is 1. The van der Waals surface area contributed by atoms with E-state index in [1.54, 1.807) is 31.0 Å². The second-order valence-electron chi connectivity index (χ2n) is 5.38. The van der Waals surface area contributed by atoms with Gasteiger partial charge in [0.2, 0.25) is 5.91 Å². The number of anilines is 2. The molecule has 3 rings (SSSR count). The van der Waals surface area contributed by atoms with Crippen LogP contribution in [0.25, 0.3) is 10.9 Å². The number of nitrogens with zero attached hydrogens (tertiary/aromatic N) is 4. The highest BCUT2D eigenvalue weighted by Crippen LogP contribution is 2.25. The molecule has 24 heavy (non-hydrogen) atoms. The Bertz CT molecular complexity index is 942. The van der Waals surface area contributed by atoms with Gasteiger partial charge in [0.15, 0.2) is 5.82 Å². The smallest absolute Gasteiger partial charge is 0.245 e. The van der Waals surface area contributed by atoms with Crippen LogP contribution in [-0.4, -0.2) is 29.6 Å². The Labute approximate surface area is 138 Å². The lowest BCUT2D eigenvalue weighted by Gasteiger charge is -2.20. The van der Waals surface area contributed by atoms with Gasteiger partial charge in [-0.05, 0) is 19.1 Å². The van der Waals surface area contributed by atoms with Crippen molar-refractivity contribution in [1.29, 1.82) is 5.26 Å². The van der Waals surface area contributed by atoms with Gasteiger partial charge in [0.25, 0.3) is 0 Å². The zero-order valence-corrected chi connectivity index (χ0v) is 13.3. The monoisotopic (exact) mass is 321 g/mol. The molecule has 7 heteroatoms. The molecule has 0 atom stereocenters. The highest BCUT2D eigenvalue weighted by molar-refractivity contribution is 5.97. The van der Waals surface area contributed by atoms with Crippen molar-refractivity contribution in [2.75, 3.05) is 23.8 Å². The molecule has 0 spiro atoms. The summed E-state index contributed by atoms with van der Waals surface area (Å²) in [6, 6.07) is 12.9. The number of pyridine rings is 1. The first kappa shape index (κ1) is 15.5. The summed E-state index contributed by atoms with van der Waals surface area (Å²) in [6.07, 6.45) is 0. The molecular weight excluding hydrogens is 306 g/mol. The fourth-order valence-corrected chi connectivity index (χ4v) is 2.44. The van der Waals surface area contributed by atoms with Crippen LogP contribution in [0.3, 0.4) is 0 Å². The second kappa shape index (κ2) is 6.38. The lowest BCUT2D eigenvalue weighted by molar-refractivity contribution is -0.115. The number of hydrogen-bond acceptors (Lipinski definition) is 6. The van der Waals surface area contributed by atoms with Crippen molar-refractivity contribution < 1.29 is 9.32 Å². The summed E-state index contributed by atoms with van der Waals surface area (Å²) >= 11 is 0. The second-order valence-corrected chi connectivity index (χ2v) is 5.38. The molecule has 0 radical (unpaired) electrons. The third-order valence-electron chi connectivity index (χ3n) is 3.50. The number of nitrogens with one attached hydrogen (secondary N) is 1. The molecule has 0 aliphatic rings. The molecule has 1 amide bonds. The summed E-state index contributed by atoms with van der Waals surface area (Å²) in [5, 5.41) is 16.4. The molecule has 120 valence electrons. The van der Waals surface area contributed by atoms with Crippen LogP contribution in [0, 0.1) is 18.3 Å². The highest BCUT2D eigenvalue weighted by Gasteiger charge is 2.14. The van der Waals surface area contributed by atoms with E-state index in [1.807, 2.05) is 30.3 Å². The van der Waals surface area contributed by atoms with Crippen molar-refractivity contribution in [3.8, 4) is 6.07 Å². The fourth-order valence-electron chi connectivity index (χ4n) is 2.44. The average molecular weight is 321 g/mol. The van der Waals surface area contributed by atoms with E-state index in [0.717, 1.165) is 11.1 Å². The number of likely N-dealkylation sites (N-methyl/N-ethyl adjacent to an activating group) is 1. The molecule has 1 N–H and O–H groups in total. The minimum atomic E-state index is -0.231. The van der Waals surface area contributed by atoms with Crippen LogP contribution in [0.15, 0.2) is 40.9 Å². The van der Waals surface area contributed by atoms with Crippen LogP contribution in [0.2, 0.25) is 0 Å². The van der Waals surface area contributed by atoms with E-state index in [1.165, 1.54) is 0 Å². The van der Waals surface area contributed by atoms with Gasteiger partial charge in [0.05, 0.1) is 12.1 Å². The first-order valence-electron chi connectivity index (χ1n) is 7.31. The molecule has 0 fully saturated rings. The maximum Gasteiger partial charge on any atom is 0.245 e. The van der Waals surface area contributed by atoms with Crippen molar-refractivity contribution in [2.24, 2.45) is 0 Å². The number of benzene rings is 1. The molecule has 0 saturated heterocycles. The van der Waals surface area contributed by atoms with Gasteiger partial charge in [0.1, 0.15) is 17.5 Å². The van der Waals surface area contributed by atoms with Gasteiger partial charge in [-0.3, -0.25) is 4.79 Å². The lowest BCUT2D eigenvalue weighted by atomic mass is 10.1. The number of hydrogen-bond donors (Lipinski definition) is 1. The van der Waals surface area contributed by atoms with E-state index >= 15 is 0 Å². The van der Waals surface area contributed by atoms with Crippen molar-refractivity contribution in [3.05, 3.63) is 47.9 Å². The van der Waals surface area contributed by atoms with Crippen molar-refractivity contribution in [2.45, 2.75) is 6.92 Å². The van der Waals surface area contributed by atoms with Crippen molar-refractivity contribution in [3.63, 3.8) is 0 Å². The maximum absolute atomic E-state index is 12.2. The zero-order chi connectivity index (χ0) is 17.1. The number of carbonyl (C=O) groups excluding carboxylic acids is 1. The van der Waals surface area contributed by atoms with Crippen LogP contribution in [0.4, 0.5) is 11.5 Å². The normalized spacial score (nSPS) is 10.4. The van der Waals surface area contributed by atoms with Crippen molar-refractivity contribution >= 4 is 28.3 Å². The number of aromatic nitrogens is 2. The molecule has 0 saturated carbocycles. The summed E-state index contributed by atoms with van der Waals surface area (Å²) < 4.78 is 4.92. The maximum atomic E-state index is 12.2. The quantitative estimate of drug-likeness (QED) is 0.793. The van der Waals surface area contributed by atoms with Gasteiger partial charge >= 0.3 is 0 Å². The van der Waals surface area contributed by atoms with Gasteiger partial charge in [-0.25, -0.2) is 4.98 Å². The minimum absolute atomic E-state index is 0.102. The standard InChI is InChI=1S/C17H15N5O2/c1-11-7-16(21-24-11)20-17(23)10-22(2)15-8-12(9-18)19-14-6-4-3-5-13(14)15/h3-8H,10H2,1-2H3,(H,20,21,23). The third kappa shape index (κ3) is 3.17. The first-order chi connectivity index (χ1) is 11.6. The Kier molecular flexibility index (Phi) is 4.12. The Morgan fingerprint density at radius 1 is 1.38 bits per heavy atom. The molecule has 0 bridgehead atoms. The summed E-state index contributed by atoms with van der Waals surface area (Å²) in [6.45, 7) is 1.85. The largest absolute Gasteiger partial charge is 0.365 e.